The summed E-state index contributed by atoms with van der Waals surface area (Å²) in [5.74, 6) is 0. The molecule has 1 aliphatic rings. The van der Waals surface area contributed by atoms with Gasteiger partial charge in [0.05, 0.1) is 5.69 Å². The molecule has 0 amide bonds. The van der Waals surface area contributed by atoms with Gasteiger partial charge in [-0.05, 0) is 32.1 Å². The van der Waals surface area contributed by atoms with Crippen molar-refractivity contribution in [2.75, 3.05) is 11.9 Å². The minimum absolute atomic E-state index is 0.167. The lowest BCUT2D eigenvalue weighted by molar-refractivity contribution is 0.282. The van der Waals surface area contributed by atoms with Crippen LogP contribution in [-0.4, -0.2) is 18.1 Å². The van der Waals surface area contributed by atoms with Crippen molar-refractivity contribution in [3.05, 3.63) is 10.6 Å². The van der Waals surface area contributed by atoms with E-state index in [1.54, 1.807) is 11.3 Å². The third-order valence-corrected chi connectivity index (χ3v) is 4.87. The van der Waals surface area contributed by atoms with Crippen LogP contribution in [0.25, 0.3) is 0 Å². The monoisotopic (exact) mass is 253 g/mol. The van der Waals surface area contributed by atoms with E-state index in [9.17, 15) is 0 Å². The maximum absolute atomic E-state index is 6.26. The number of fused-ring (bicyclic) bond motifs is 1. The molecular weight excluding hydrogens is 230 g/mol. The Morgan fingerprint density at radius 3 is 2.71 bits per heavy atom. The van der Waals surface area contributed by atoms with Crippen molar-refractivity contribution in [3.63, 3.8) is 0 Å². The van der Waals surface area contributed by atoms with Crippen LogP contribution in [0.4, 0.5) is 5.13 Å². The maximum atomic E-state index is 6.26. The van der Waals surface area contributed by atoms with Crippen LogP contribution >= 0.6 is 11.3 Å². The highest BCUT2D eigenvalue weighted by atomic mass is 32.1. The molecule has 2 rings (SSSR count). The molecule has 0 aliphatic heterocycles. The van der Waals surface area contributed by atoms with E-state index in [0.29, 0.717) is 6.04 Å². The fraction of sp³-hybridized carbons (Fsp3) is 0.769. The van der Waals surface area contributed by atoms with Crippen molar-refractivity contribution >= 4 is 16.5 Å². The van der Waals surface area contributed by atoms with E-state index in [0.717, 1.165) is 18.0 Å². The molecule has 0 spiro atoms. The normalized spacial score (nSPS) is 22.6. The highest BCUT2D eigenvalue weighted by molar-refractivity contribution is 7.15. The molecule has 3 nitrogen and oxygen atoms in total. The average molecular weight is 253 g/mol. The summed E-state index contributed by atoms with van der Waals surface area (Å²) in [4.78, 5) is 8.31. The van der Waals surface area contributed by atoms with Gasteiger partial charge in [0.15, 0.2) is 5.13 Å². The first-order valence-electron chi connectivity index (χ1n) is 6.28. The zero-order valence-electron chi connectivity index (χ0n) is 11.4. The molecule has 1 atom stereocenters. The standard InChI is InChI=1S/C13H23N3S/c1-8(2)16(5)12-15-10-7-13(3,4)6-9(14)11(10)17-12/h8-9H,6-7,14H2,1-5H3. The van der Waals surface area contributed by atoms with Crippen molar-refractivity contribution in [3.8, 4) is 0 Å². The molecule has 0 radical (unpaired) electrons. The fourth-order valence-electron chi connectivity index (χ4n) is 2.35. The van der Waals surface area contributed by atoms with Crippen LogP contribution in [0.2, 0.25) is 0 Å². The molecule has 2 N–H and O–H groups in total. The van der Waals surface area contributed by atoms with Crippen LogP contribution in [0, 0.1) is 5.41 Å². The summed E-state index contributed by atoms with van der Waals surface area (Å²) < 4.78 is 0. The number of rotatable bonds is 2. The summed E-state index contributed by atoms with van der Waals surface area (Å²) in [6.45, 7) is 8.93. The van der Waals surface area contributed by atoms with Crippen LogP contribution in [-0.2, 0) is 6.42 Å². The van der Waals surface area contributed by atoms with Gasteiger partial charge in [-0.25, -0.2) is 4.98 Å². The number of nitrogens with zero attached hydrogens (tertiary/aromatic N) is 2. The number of thiazole rings is 1. The molecule has 1 aliphatic carbocycles. The lowest BCUT2D eigenvalue weighted by Gasteiger charge is -2.32. The maximum Gasteiger partial charge on any atom is 0.185 e. The van der Waals surface area contributed by atoms with Crippen molar-refractivity contribution in [2.24, 2.45) is 11.1 Å². The third kappa shape index (κ3) is 2.47. The molecule has 1 unspecified atom stereocenters. The van der Waals surface area contributed by atoms with Gasteiger partial charge in [0.2, 0.25) is 0 Å². The average Bonchev–Trinajstić information content (AvgIpc) is 2.58. The predicted molar refractivity (Wildman–Crippen MR) is 74.7 cm³/mol. The van der Waals surface area contributed by atoms with E-state index in [4.69, 9.17) is 10.7 Å². The first-order chi connectivity index (χ1) is 7.80. The minimum Gasteiger partial charge on any atom is -0.349 e. The highest BCUT2D eigenvalue weighted by Crippen LogP contribution is 2.43. The number of nitrogens with two attached hydrogens (primary N) is 1. The van der Waals surface area contributed by atoms with Crippen LogP contribution in [0.1, 0.15) is 50.7 Å². The van der Waals surface area contributed by atoms with Gasteiger partial charge in [0.25, 0.3) is 0 Å². The number of hydrogen-bond donors (Lipinski definition) is 1. The molecule has 0 saturated carbocycles. The number of aromatic nitrogens is 1. The first-order valence-corrected chi connectivity index (χ1v) is 7.10. The Bertz CT molecular complexity index is 409. The van der Waals surface area contributed by atoms with E-state index in [1.165, 1.54) is 10.6 Å². The van der Waals surface area contributed by atoms with Crippen molar-refractivity contribution < 1.29 is 0 Å². The summed E-state index contributed by atoms with van der Waals surface area (Å²) in [5.41, 5.74) is 7.77. The minimum atomic E-state index is 0.167. The van der Waals surface area contributed by atoms with E-state index >= 15 is 0 Å². The molecule has 1 aromatic heterocycles. The van der Waals surface area contributed by atoms with Gasteiger partial charge in [0, 0.05) is 24.0 Å². The van der Waals surface area contributed by atoms with Gasteiger partial charge >= 0.3 is 0 Å². The summed E-state index contributed by atoms with van der Waals surface area (Å²) in [5, 5.41) is 1.11. The van der Waals surface area contributed by atoms with Gasteiger partial charge in [-0.2, -0.15) is 0 Å². The molecule has 1 heterocycles. The quantitative estimate of drug-likeness (QED) is 0.881. The van der Waals surface area contributed by atoms with E-state index in [-0.39, 0.29) is 11.5 Å². The number of anilines is 1. The molecule has 0 saturated heterocycles. The zero-order valence-corrected chi connectivity index (χ0v) is 12.3. The molecule has 1 aromatic rings. The van der Waals surface area contributed by atoms with Gasteiger partial charge in [-0.1, -0.05) is 25.2 Å². The second kappa shape index (κ2) is 4.25. The van der Waals surface area contributed by atoms with Crippen molar-refractivity contribution in [2.45, 2.75) is 52.6 Å². The Hall–Kier alpha value is -0.610. The van der Waals surface area contributed by atoms with E-state index < -0.39 is 0 Å². The number of hydrogen-bond acceptors (Lipinski definition) is 4. The molecule has 96 valence electrons. The highest BCUT2D eigenvalue weighted by Gasteiger charge is 2.33. The largest absolute Gasteiger partial charge is 0.349 e. The Morgan fingerprint density at radius 2 is 2.12 bits per heavy atom. The summed E-state index contributed by atoms with van der Waals surface area (Å²) >= 11 is 1.77. The first kappa shape index (κ1) is 12.8. The Kier molecular flexibility index (Phi) is 3.21. The second-order valence-electron chi connectivity index (χ2n) is 6.16. The summed E-state index contributed by atoms with van der Waals surface area (Å²) in [6, 6.07) is 0.646. The van der Waals surface area contributed by atoms with Crippen molar-refractivity contribution in [1.29, 1.82) is 0 Å². The fourth-order valence-corrected chi connectivity index (χ4v) is 3.53. The molecule has 0 bridgehead atoms. The van der Waals surface area contributed by atoms with Crippen LogP contribution in [0.15, 0.2) is 0 Å². The third-order valence-electron chi connectivity index (χ3n) is 3.55. The summed E-state index contributed by atoms with van der Waals surface area (Å²) in [6.07, 6.45) is 2.12. The lowest BCUT2D eigenvalue weighted by atomic mass is 9.77. The topological polar surface area (TPSA) is 42.2 Å². The van der Waals surface area contributed by atoms with Crippen LogP contribution in [0.5, 0.6) is 0 Å². The molecule has 17 heavy (non-hydrogen) atoms. The van der Waals surface area contributed by atoms with Crippen LogP contribution in [0.3, 0.4) is 0 Å². The molecule has 4 heteroatoms. The Balaban J connectivity index is 2.33. The SMILES string of the molecule is CC(C)N(C)c1nc2c(s1)C(N)CC(C)(C)C2. The molecular formula is C13H23N3S. The Morgan fingerprint density at radius 1 is 1.47 bits per heavy atom. The van der Waals surface area contributed by atoms with Crippen LogP contribution < -0.4 is 10.6 Å². The van der Waals surface area contributed by atoms with Gasteiger partial charge in [-0.15, -0.1) is 0 Å². The predicted octanol–water partition coefficient (Wildman–Crippen LogP) is 2.96. The van der Waals surface area contributed by atoms with Crippen molar-refractivity contribution in [1.82, 2.24) is 4.98 Å². The molecule has 0 aromatic carbocycles. The molecule has 0 fully saturated rings. The van der Waals surface area contributed by atoms with Gasteiger partial charge in [-0.3, -0.25) is 0 Å². The van der Waals surface area contributed by atoms with E-state index in [1.807, 2.05) is 0 Å². The Labute approximate surface area is 108 Å². The lowest BCUT2D eigenvalue weighted by Crippen LogP contribution is -2.29. The van der Waals surface area contributed by atoms with E-state index in [2.05, 4.69) is 39.6 Å². The van der Waals surface area contributed by atoms with Gasteiger partial charge < -0.3 is 10.6 Å². The smallest absolute Gasteiger partial charge is 0.185 e. The van der Waals surface area contributed by atoms with Gasteiger partial charge in [0.1, 0.15) is 0 Å². The summed E-state index contributed by atoms with van der Waals surface area (Å²) in [7, 11) is 2.10. The zero-order chi connectivity index (χ0) is 12.8. The second-order valence-corrected chi connectivity index (χ2v) is 7.17.